The summed E-state index contributed by atoms with van der Waals surface area (Å²) in [6, 6.07) is 5.04. The molecule has 4 aliphatic carbocycles. The molecular formula is C33H41FN2O12. The zero-order valence-electron chi connectivity index (χ0n) is 26.7. The first-order chi connectivity index (χ1) is 22.6. The SMILES string of the molecule is C[C@]12C=CC(=O)C=C1CC[C@H]1C3CCC(O)(C(=O)COC(=O)C(N)COC(=O)OCc4ccccc4CON(O)O)[C@@]3(C)C[C@H](O)C12F. The topological polar surface area (TPSA) is 215 Å². The minimum absolute atomic E-state index is 0.0217. The third kappa shape index (κ3) is 6.08. The first kappa shape index (κ1) is 35.7. The van der Waals surface area contributed by atoms with Crippen LogP contribution in [-0.4, -0.2) is 86.3 Å². The Bertz CT molecular complexity index is 1520. The number of esters is 1. The van der Waals surface area contributed by atoms with Crippen molar-refractivity contribution in [3.8, 4) is 0 Å². The van der Waals surface area contributed by atoms with E-state index in [-0.39, 0.29) is 31.8 Å². The lowest BCUT2D eigenvalue weighted by Crippen LogP contribution is -2.69. The summed E-state index contributed by atoms with van der Waals surface area (Å²) < 4.78 is 32.2. The molecule has 0 amide bonds. The van der Waals surface area contributed by atoms with E-state index in [1.165, 1.54) is 18.2 Å². The largest absolute Gasteiger partial charge is 0.508 e. The molecule has 8 atom stereocenters. The van der Waals surface area contributed by atoms with Gasteiger partial charge in [-0.3, -0.25) is 24.8 Å². The van der Waals surface area contributed by atoms with E-state index >= 15 is 4.39 Å². The first-order valence-corrected chi connectivity index (χ1v) is 15.7. The van der Waals surface area contributed by atoms with Gasteiger partial charge in [-0.05, 0) is 68.2 Å². The summed E-state index contributed by atoms with van der Waals surface area (Å²) in [6.07, 6.45) is 2.41. The number of alkyl halides is 1. The van der Waals surface area contributed by atoms with E-state index in [1.807, 2.05) is 0 Å². The van der Waals surface area contributed by atoms with Crippen LogP contribution >= 0.6 is 0 Å². The second-order valence-corrected chi connectivity index (χ2v) is 13.4. The van der Waals surface area contributed by atoms with Crippen molar-refractivity contribution in [1.82, 2.24) is 5.39 Å². The van der Waals surface area contributed by atoms with Crippen molar-refractivity contribution in [3.05, 3.63) is 59.2 Å². The lowest BCUT2D eigenvalue weighted by Gasteiger charge is -2.62. The van der Waals surface area contributed by atoms with Gasteiger partial charge in [0, 0.05) is 16.7 Å². The number of aliphatic hydroxyl groups is 2. The van der Waals surface area contributed by atoms with E-state index in [0.29, 0.717) is 36.0 Å². The van der Waals surface area contributed by atoms with Crippen LogP contribution in [0.4, 0.5) is 9.18 Å². The number of halogens is 1. The second kappa shape index (κ2) is 13.4. The van der Waals surface area contributed by atoms with Gasteiger partial charge < -0.3 is 30.2 Å². The number of Topliss-reactive ketones (excluding diaryl/α,β-unsaturated/α-hetero) is 1. The zero-order valence-corrected chi connectivity index (χ0v) is 26.7. The fourth-order valence-electron chi connectivity index (χ4n) is 8.41. The molecule has 4 aliphatic rings. The molecule has 0 radical (unpaired) electrons. The van der Waals surface area contributed by atoms with Crippen LogP contribution in [0, 0.1) is 22.7 Å². The van der Waals surface area contributed by atoms with E-state index in [1.54, 1.807) is 38.1 Å². The number of benzene rings is 1. The number of ether oxygens (including phenoxy) is 3. The molecule has 15 heteroatoms. The number of hydrogen-bond acceptors (Lipinski definition) is 14. The number of ketones is 2. The Hall–Kier alpha value is -3.57. The Kier molecular flexibility index (Phi) is 9.96. The number of nitrogens with two attached hydrogens (primary N) is 1. The third-order valence-electron chi connectivity index (χ3n) is 11.1. The Morgan fingerprint density at radius 3 is 2.44 bits per heavy atom. The van der Waals surface area contributed by atoms with Crippen LogP contribution in [0.5, 0.6) is 0 Å². The summed E-state index contributed by atoms with van der Waals surface area (Å²) in [5.41, 5.74) is 0.802. The van der Waals surface area contributed by atoms with Gasteiger partial charge in [0.2, 0.25) is 5.78 Å². The molecule has 3 saturated carbocycles. The highest BCUT2D eigenvalue weighted by atomic mass is 19.1. The summed E-state index contributed by atoms with van der Waals surface area (Å²) in [7, 11) is 0. The molecule has 0 aromatic heterocycles. The smallest absolute Gasteiger partial charge is 0.456 e. The summed E-state index contributed by atoms with van der Waals surface area (Å²) in [4.78, 5) is 54.8. The van der Waals surface area contributed by atoms with Crippen molar-refractivity contribution in [3.63, 3.8) is 0 Å². The fourth-order valence-corrected chi connectivity index (χ4v) is 8.41. The van der Waals surface area contributed by atoms with E-state index < -0.39 is 82.6 Å². The minimum atomic E-state index is -2.12. The molecule has 48 heavy (non-hydrogen) atoms. The lowest BCUT2D eigenvalue weighted by atomic mass is 9.44. The van der Waals surface area contributed by atoms with Crippen LogP contribution in [0.1, 0.15) is 57.1 Å². The van der Waals surface area contributed by atoms with Gasteiger partial charge in [0.1, 0.15) is 24.9 Å². The van der Waals surface area contributed by atoms with Crippen LogP contribution in [-0.2, 0) is 46.6 Å². The maximum Gasteiger partial charge on any atom is 0.508 e. The quantitative estimate of drug-likeness (QED) is 0.168. The molecule has 14 nitrogen and oxygen atoms in total. The number of allylic oxidation sites excluding steroid dienone is 4. The van der Waals surface area contributed by atoms with Crippen molar-refractivity contribution in [2.45, 2.75) is 82.6 Å². The molecule has 4 unspecified atom stereocenters. The van der Waals surface area contributed by atoms with Gasteiger partial charge in [-0.2, -0.15) is 0 Å². The van der Waals surface area contributed by atoms with Crippen LogP contribution < -0.4 is 5.73 Å². The molecule has 0 bridgehead atoms. The van der Waals surface area contributed by atoms with E-state index in [2.05, 4.69) is 4.84 Å². The molecule has 0 aliphatic heterocycles. The summed E-state index contributed by atoms with van der Waals surface area (Å²) in [6.45, 7) is 1.35. The molecule has 0 spiro atoms. The Morgan fingerprint density at radius 2 is 1.75 bits per heavy atom. The molecule has 0 saturated heterocycles. The van der Waals surface area contributed by atoms with Crippen molar-refractivity contribution in [2.24, 2.45) is 28.4 Å². The van der Waals surface area contributed by atoms with Gasteiger partial charge >= 0.3 is 12.1 Å². The molecule has 0 heterocycles. The lowest BCUT2D eigenvalue weighted by molar-refractivity contribution is -0.497. The first-order valence-electron chi connectivity index (χ1n) is 15.7. The number of nitrogens with zero attached hydrogens (tertiary/aromatic N) is 1. The molecule has 1 aromatic rings. The van der Waals surface area contributed by atoms with Gasteiger partial charge in [-0.15, -0.1) is 0 Å². The van der Waals surface area contributed by atoms with Gasteiger partial charge in [-0.25, -0.2) is 14.0 Å². The second-order valence-electron chi connectivity index (χ2n) is 13.4. The van der Waals surface area contributed by atoms with Gasteiger partial charge in [-0.1, -0.05) is 42.8 Å². The van der Waals surface area contributed by atoms with E-state index in [9.17, 15) is 29.4 Å². The minimum Gasteiger partial charge on any atom is -0.456 e. The van der Waals surface area contributed by atoms with Gasteiger partial charge in [0.25, 0.3) is 0 Å². The third-order valence-corrected chi connectivity index (χ3v) is 11.1. The van der Waals surface area contributed by atoms with Crippen LogP contribution in [0.15, 0.2) is 48.1 Å². The van der Waals surface area contributed by atoms with E-state index in [4.69, 9.17) is 30.4 Å². The summed E-state index contributed by atoms with van der Waals surface area (Å²) in [5, 5.41) is 40.2. The highest BCUT2D eigenvalue weighted by Crippen LogP contribution is 2.69. The zero-order chi connectivity index (χ0) is 35.1. The molecule has 1 aromatic carbocycles. The Morgan fingerprint density at radius 1 is 1.06 bits per heavy atom. The molecule has 6 N–H and O–H groups in total. The van der Waals surface area contributed by atoms with Crippen molar-refractivity contribution >= 4 is 23.7 Å². The summed E-state index contributed by atoms with van der Waals surface area (Å²) >= 11 is 0. The maximum absolute atomic E-state index is 17.2. The highest BCUT2D eigenvalue weighted by Gasteiger charge is 2.74. The Balaban J connectivity index is 1.15. The van der Waals surface area contributed by atoms with Crippen LogP contribution in [0.2, 0.25) is 0 Å². The van der Waals surface area contributed by atoms with Gasteiger partial charge in [0.05, 0.1) is 18.1 Å². The normalized spacial score (nSPS) is 34.4. The van der Waals surface area contributed by atoms with Crippen molar-refractivity contribution in [1.29, 1.82) is 0 Å². The maximum atomic E-state index is 17.2. The van der Waals surface area contributed by atoms with Crippen molar-refractivity contribution in [2.75, 3.05) is 13.2 Å². The molecular weight excluding hydrogens is 635 g/mol. The average Bonchev–Trinajstić information content (AvgIpc) is 3.31. The average molecular weight is 677 g/mol. The Labute approximate surface area is 275 Å². The number of aliphatic hydroxyl groups excluding tert-OH is 1. The standard InChI is InChI=1S/C33H41FN2O12/c1-30-11-9-22(37)13-21(30)7-8-24-23-10-12-32(42,31(23,2)14-26(38)33(24,30)34)27(39)18-45-28(40)25(35)17-47-29(41)46-15-19-5-3-4-6-20(19)16-48-36(43)44/h3-6,9,11,13,23-26,38,42-44H,7-8,10,12,14-18,35H2,1-2H3/t23?,24-,25?,26-,30-,31-,32?,33?/m0/s1. The number of carbonyl (C=O) groups is 4. The molecule has 262 valence electrons. The molecule has 5 rings (SSSR count). The monoisotopic (exact) mass is 676 g/mol. The number of fused-ring (bicyclic) bond motifs is 5. The van der Waals surface area contributed by atoms with Gasteiger partial charge in [0.15, 0.2) is 18.1 Å². The van der Waals surface area contributed by atoms with Crippen LogP contribution in [0.25, 0.3) is 0 Å². The van der Waals surface area contributed by atoms with Crippen LogP contribution in [0.3, 0.4) is 0 Å². The number of hydrogen-bond donors (Lipinski definition) is 5. The van der Waals surface area contributed by atoms with Crippen molar-refractivity contribution < 1.29 is 63.2 Å². The predicted molar refractivity (Wildman–Crippen MR) is 160 cm³/mol. The summed E-state index contributed by atoms with van der Waals surface area (Å²) in [5.74, 6) is -3.30. The number of carbonyl (C=O) groups excluding carboxylic acids is 4. The van der Waals surface area contributed by atoms with E-state index in [0.717, 1.165) is 0 Å². The highest BCUT2D eigenvalue weighted by molar-refractivity contribution is 6.01. The molecule has 3 fully saturated rings. The fraction of sp³-hybridized carbons (Fsp3) is 0.576. The number of rotatable bonds is 11. The predicted octanol–water partition coefficient (Wildman–Crippen LogP) is 2.39.